The van der Waals surface area contributed by atoms with Crippen LogP contribution in [0, 0.1) is 11.8 Å². The molecule has 1 aromatic rings. The van der Waals surface area contributed by atoms with Crippen LogP contribution in [0.25, 0.3) is 0 Å². The number of rotatable bonds is 2. The van der Waals surface area contributed by atoms with Crippen LogP contribution in [-0.2, 0) is 6.42 Å². The maximum atomic E-state index is 5.35. The molecule has 0 radical (unpaired) electrons. The summed E-state index contributed by atoms with van der Waals surface area (Å²) < 4.78 is 0. The van der Waals surface area contributed by atoms with Crippen LogP contribution in [0.1, 0.15) is 24.5 Å². The van der Waals surface area contributed by atoms with E-state index >= 15 is 0 Å². The van der Waals surface area contributed by atoms with Gasteiger partial charge in [-0.25, -0.2) is 0 Å². The van der Waals surface area contributed by atoms with Crippen LogP contribution >= 0.6 is 0 Å². The van der Waals surface area contributed by atoms with E-state index in [-0.39, 0.29) is 0 Å². The molecule has 0 unspecified atom stereocenters. The topological polar surface area (TPSA) is 26.0 Å². The summed E-state index contributed by atoms with van der Waals surface area (Å²) in [6.07, 6.45) is 1.84. The Morgan fingerprint density at radius 2 is 2.23 bits per heavy atom. The molecule has 0 heterocycles. The normalized spacial score (nSPS) is 9.08. The quantitative estimate of drug-likeness (QED) is 0.680. The largest absolute Gasteiger partial charge is 0.330 e. The van der Waals surface area contributed by atoms with Gasteiger partial charge in [-0.05, 0) is 24.1 Å². The van der Waals surface area contributed by atoms with E-state index in [1.165, 1.54) is 5.56 Å². The van der Waals surface area contributed by atoms with Gasteiger partial charge in [0, 0.05) is 18.5 Å². The Kier molecular flexibility index (Phi) is 4.08. The summed E-state index contributed by atoms with van der Waals surface area (Å²) >= 11 is 0. The first kappa shape index (κ1) is 9.83. The van der Waals surface area contributed by atoms with Crippen molar-refractivity contribution < 1.29 is 0 Å². The van der Waals surface area contributed by atoms with Gasteiger partial charge < -0.3 is 5.73 Å². The number of benzene rings is 1. The molecule has 0 aliphatic rings. The molecular formula is C12H15N. The average molecular weight is 173 g/mol. The molecule has 1 nitrogen and oxygen atoms in total. The predicted octanol–water partition coefficient (Wildman–Crippen LogP) is 1.95. The lowest BCUT2D eigenvalue weighted by atomic mass is 10.1. The number of nitrogens with two attached hydrogens (primary N) is 1. The molecule has 2 N–H and O–H groups in total. The molecule has 0 saturated carbocycles. The first-order chi connectivity index (χ1) is 6.36. The summed E-state index contributed by atoms with van der Waals surface area (Å²) in [5, 5.41) is 0. The van der Waals surface area contributed by atoms with Crippen molar-refractivity contribution in [1.29, 1.82) is 0 Å². The Labute approximate surface area is 80.0 Å². The van der Waals surface area contributed by atoms with E-state index in [4.69, 9.17) is 5.73 Å². The second-order valence-corrected chi connectivity index (χ2v) is 2.89. The molecule has 0 fully saturated rings. The fraction of sp³-hybridized carbons (Fsp3) is 0.333. The minimum Gasteiger partial charge on any atom is -0.330 e. The fourth-order valence-corrected chi connectivity index (χ4v) is 1.11. The summed E-state index contributed by atoms with van der Waals surface area (Å²) in [4.78, 5) is 0. The summed E-state index contributed by atoms with van der Waals surface area (Å²) in [7, 11) is 0. The van der Waals surface area contributed by atoms with Crippen molar-refractivity contribution in [3.63, 3.8) is 0 Å². The molecule has 0 atom stereocenters. The van der Waals surface area contributed by atoms with Crippen molar-refractivity contribution >= 4 is 0 Å². The summed E-state index contributed by atoms with van der Waals surface area (Å²) in [6, 6.07) is 8.32. The Morgan fingerprint density at radius 1 is 1.38 bits per heavy atom. The molecule has 0 aliphatic heterocycles. The molecule has 68 valence electrons. The smallest absolute Gasteiger partial charge is 0.0247 e. The van der Waals surface area contributed by atoms with Gasteiger partial charge in [-0.3, -0.25) is 0 Å². The highest BCUT2D eigenvalue weighted by atomic mass is 14.5. The molecule has 1 rings (SSSR count). The van der Waals surface area contributed by atoms with Crippen molar-refractivity contribution in [2.75, 3.05) is 6.54 Å². The van der Waals surface area contributed by atoms with E-state index in [0.717, 1.165) is 18.4 Å². The third kappa shape index (κ3) is 3.31. The van der Waals surface area contributed by atoms with Crippen molar-refractivity contribution in [1.82, 2.24) is 0 Å². The Morgan fingerprint density at radius 3 is 2.92 bits per heavy atom. The van der Waals surface area contributed by atoms with E-state index in [0.29, 0.717) is 6.54 Å². The number of hydrogen-bond acceptors (Lipinski definition) is 1. The molecular weight excluding hydrogens is 158 g/mol. The van der Waals surface area contributed by atoms with Gasteiger partial charge in [0.25, 0.3) is 0 Å². The van der Waals surface area contributed by atoms with Gasteiger partial charge in [-0.15, -0.1) is 0 Å². The zero-order valence-corrected chi connectivity index (χ0v) is 8.01. The highest BCUT2D eigenvalue weighted by Crippen LogP contribution is 2.04. The van der Waals surface area contributed by atoms with E-state index in [2.05, 4.69) is 30.9 Å². The standard InChI is InChI=1S/C12H15N/c1-2-11-7-5-8-12(10-11)6-3-4-9-13/h5,7-8,10H,2,4,9,13H2,1H3. The highest BCUT2D eigenvalue weighted by Gasteiger charge is 1.89. The van der Waals surface area contributed by atoms with Gasteiger partial charge in [0.05, 0.1) is 0 Å². The molecule has 1 heteroatoms. The minimum atomic E-state index is 0.639. The van der Waals surface area contributed by atoms with E-state index in [1.54, 1.807) is 0 Å². The van der Waals surface area contributed by atoms with Crippen LogP contribution in [0.5, 0.6) is 0 Å². The van der Waals surface area contributed by atoms with Crippen molar-refractivity contribution in [2.45, 2.75) is 19.8 Å². The average Bonchev–Trinajstić information content (AvgIpc) is 2.19. The Hall–Kier alpha value is -1.26. The molecule has 0 aliphatic carbocycles. The second-order valence-electron chi connectivity index (χ2n) is 2.89. The van der Waals surface area contributed by atoms with Gasteiger partial charge in [0.1, 0.15) is 0 Å². The lowest BCUT2D eigenvalue weighted by molar-refractivity contribution is 1.03. The van der Waals surface area contributed by atoms with Crippen LogP contribution in [-0.4, -0.2) is 6.54 Å². The van der Waals surface area contributed by atoms with Gasteiger partial charge in [0.2, 0.25) is 0 Å². The first-order valence-corrected chi connectivity index (χ1v) is 4.64. The monoisotopic (exact) mass is 173 g/mol. The zero-order chi connectivity index (χ0) is 9.52. The van der Waals surface area contributed by atoms with Crippen LogP contribution < -0.4 is 5.73 Å². The number of hydrogen-bond donors (Lipinski definition) is 1. The Bertz CT molecular complexity index is 317. The van der Waals surface area contributed by atoms with Gasteiger partial charge >= 0.3 is 0 Å². The van der Waals surface area contributed by atoms with Crippen molar-refractivity contribution in [2.24, 2.45) is 5.73 Å². The van der Waals surface area contributed by atoms with E-state index in [9.17, 15) is 0 Å². The molecule has 0 aromatic heterocycles. The predicted molar refractivity (Wildman–Crippen MR) is 56.4 cm³/mol. The van der Waals surface area contributed by atoms with Crippen LogP contribution in [0.15, 0.2) is 24.3 Å². The van der Waals surface area contributed by atoms with Gasteiger partial charge in [0.15, 0.2) is 0 Å². The third-order valence-electron chi connectivity index (χ3n) is 1.84. The van der Waals surface area contributed by atoms with E-state index < -0.39 is 0 Å². The van der Waals surface area contributed by atoms with Gasteiger partial charge in [-0.1, -0.05) is 30.9 Å². The highest BCUT2D eigenvalue weighted by molar-refractivity contribution is 5.37. The molecule has 0 spiro atoms. The third-order valence-corrected chi connectivity index (χ3v) is 1.84. The van der Waals surface area contributed by atoms with Gasteiger partial charge in [-0.2, -0.15) is 0 Å². The first-order valence-electron chi connectivity index (χ1n) is 4.64. The lowest BCUT2D eigenvalue weighted by Gasteiger charge is -1.95. The Balaban J connectivity index is 2.73. The maximum absolute atomic E-state index is 5.35. The summed E-state index contributed by atoms with van der Waals surface area (Å²) in [5.41, 5.74) is 7.77. The van der Waals surface area contributed by atoms with Crippen LogP contribution in [0.3, 0.4) is 0 Å². The zero-order valence-electron chi connectivity index (χ0n) is 8.01. The molecule has 0 bridgehead atoms. The molecule has 1 aromatic carbocycles. The van der Waals surface area contributed by atoms with Crippen molar-refractivity contribution in [3.8, 4) is 11.8 Å². The fourth-order valence-electron chi connectivity index (χ4n) is 1.11. The summed E-state index contributed by atoms with van der Waals surface area (Å²) in [5.74, 6) is 6.12. The van der Waals surface area contributed by atoms with Crippen LogP contribution in [0.2, 0.25) is 0 Å². The SMILES string of the molecule is CCc1cccc(C#CCCN)c1. The van der Waals surface area contributed by atoms with E-state index in [1.807, 2.05) is 12.1 Å². The number of aryl methyl sites for hydroxylation is 1. The molecule has 13 heavy (non-hydrogen) atoms. The summed E-state index contributed by atoms with van der Waals surface area (Å²) in [6.45, 7) is 2.78. The molecule has 0 saturated heterocycles. The minimum absolute atomic E-state index is 0.639. The second kappa shape index (κ2) is 5.40. The molecule has 0 amide bonds. The maximum Gasteiger partial charge on any atom is 0.0247 e. The van der Waals surface area contributed by atoms with Crippen molar-refractivity contribution in [3.05, 3.63) is 35.4 Å². The lowest BCUT2D eigenvalue weighted by Crippen LogP contribution is -1.95. The van der Waals surface area contributed by atoms with Crippen LogP contribution in [0.4, 0.5) is 0 Å².